The first-order chi connectivity index (χ1) is 7.59. The standard InChI is InChI=1S/C13H20N2S/c1-8-6-13(7-8,15-11-4-5-11)12-14-9(2)10(3)16-12/h8,11,15H,4-7H2,1-3H3. The highest BCUT2D eigenvalue weighted by Crippen LogP contribution is 2.48. The van der Waals surface area contributed by atoms with Crippen molar-refractivity contribution < 1.29 is 0 Å². The quantitative estimate of drug-likeness (QED) is 0.872. The summed E-state index contributed by atoms with van der Waals surface area (Å²) in [5, 5.41) is 5.18. The van der Waals surface area contributed by atoms with Crippen LogP contribution in [0.1, 0.15) is 48.2 Å². The highest BCUT2D eigenvalue weighted by molar-refractivity contribution is 7.11. The number of thiazole rings is 1. The minimum absolute atomic E-state index is 0.240. The first-order valence-corrected chi connectivity index (χ1v) is 7.13. The number of hydrogen-bond acceptors (Lipinski definition) is 3. The van der Waals surface area contributed by atoms with Gasteiger partial charge in [-0.05, 0) is 45.4 Å². The summed E-state index contributed by atoms with van der Waals surface area (Å²) in [4.78, 5) is 6.16. The summed E-state index contributed by atoms with van der Waals surface area (Å²) in [7, 11) is 0. The van der Waals surface area contributed by atoms with E-state index < -0.39 is 0 Å². The molecule has 0 atom stereocenters. The van der Waals surface area contributed by atoms with Gasteiger partial charge in [0.2, 0.25) is 0 Å². The van der Waals surface area contributed by atoms with E-state index in [1.807, 2.05) is 11.3 Å². The Labute approximate surface area is 101 Å². The summed E-state index contributed by atoms with van der Waals surface area (Å²) in [6, 6.07) is 0.775. The van der Waals surface area contributed by atoms with Gasteiger partial charge in [0.05, 0.1) is 11.2 Å². The van der Waals surface area contributed by atoms with E-state index in [-0.39, 0.29) is 5.54 Å². The van der Waals surface area contributed by atoms with Gasteiger partial charge in [-0.1, -0.05) is 6.92 Å². The monoisotopic (exact) mass is 236 g/mol. The lowest BCUT2D eigenvalue weighted by Crippen LogP contribution is -2.52. The number of nitrogens with zero attached hydrogens (tertiary/aromatic N) is 1. The van der Waals surface area contributed by atoms with Crippen LogP contribution in [-0.2, 0) is 5.54 Å². The molecule has 1 aromatic rings. The van der Waals surface area contributed by atoms with E-state index in [1.54, 1.807) is 0 Å². The van der Waals surface area contributed by atoms with Gasteiger partial charge in [0, 0.05) is 10.9 Å². The van der Waals surface area contributed by atoms with Crippen LogP contribution in [0.15, 0.2) is 0 Å². The molecule has 3 heteroatoms. The fraction of sp³-hybridized carbons (Fsp3) is 0.769. The zero-order chi connectivity index (χ0) is 11.3. The van der Waals surface area contributed by atoms with E-state index >= 15 is 0 Å². The van der Waals surface area contributed by atoms with Crippen LogP contribution in [-0.4, -0.2) is 11.0 Å². The van der Waals surface area contributed by atoms with E-state index in [0.29, 0.717) is 0 Å². The average molecular weight is 236 g/mol. The maximum absolute atomic E-state index is 4.78. The molecule has 2 aliphatic rings. The third kappa shape index (κ3) is 1.70. The van der Waals surface area contributed by atoms with Crippen molar-refractivity contribution in [2.45, 2.75) is 58.0 Å². The van der Waals surface area contributed by atoms with Gasteiger partial charge >= 0.3 is 0 Å². The van der Waals surface area contributed by atoms with E-state index in [2.05, 4.69) is 26.1 Å². The maximum Gasteiger partial charge on any atom is 0.113 e. The van der Waals surface area contributed by atoms with Gasteiger partial charge in [0.1, 0.15) is 5.01 Å². The zero-order valence-electron chi connectivity index (χ0n) is 10.3. The second-order valence-electron chi connectivity index (χ2n) is 5.67. The largest absolute Gasteiger partial charge is 0.303 e. The molecule has 0 aliphatic heterocycles. The van der Waals surface area contributed by atoms with Crippen LogP contribution in [0.4, 0.5) is 0 Å². The Balaban J connectivity index is 1.87. The third-order valence-corrected chi connectivity index (χ3v) is 5.17. The van der Waals surface area contributed by atoms with Crippen LogP contribution < -0.4 is 5.32 Å². The van der Waals surface area contributed by atoms with E-state index in [4.69, 9.17) is 4.98 Å². The Hall–Kier alpha value is -0.410. The molecule has 0 amide bonds. The van der Waals surface area contributed by atoms with E-state index in [1.165, 1.54) is 41.3 Å². The Morgan fingerprint density at radius 3 is 2.44 bits per heavy atom. The Kier molecular flexibility index (Phi) is 2.37. The molecule has 2 fully saturated rings. The van der Waals surface area contributed by atoms with E-state index in [0.717, 1.165) is 12.0 Å². The molecule has 0 radical (unpaired) electrons. The molecule has 88 valence electrons. The summed E-state index contributed by atoms with van der Waals surface area (Å²) in [5.74, 6) is 0.857. The lowest BCUT2D eigenvalue weighted by Gasteiger charge is -2.46. The number of aryl methyl sites for hydroxylation is 2. The van der Waals surface area contributed by atoms with Crippen molar-refractivity contribution in [1.82, 2.24) is 10.3 Å². The molecule has 2 aliphatic carbocycles. The van der Waals surface area contributed by atoms with Crippen LogP contribution in [0, 0.1) is 19.8 Å². The molecule has 0 spiro atoms. The molecule has 1 aromatic heterocycles. The van der Waals surface area contributed by atoms with Crippen LogP contribution in [0.3, 0.4) is 0 Å². The van der Waals surface area contributed by atoms with Gasteiger partial charge in [-0.3, -0.25) is 0 Å². The lowest BCUT2D eigenvalue weighted by molar-refractivity contribution is 0.112. The predicted octanol–water partition coefficient (Wildman–Crippen LogP) is 3.14. The van der Waals surface area contributed by atoms with Crippen LogP contribution in [0.5, 0.6) is 0 Å². The van der Waals surface area contributed by atoms with E-state index in [9.17, 15) is 0 Å². The normalized spacial score (nSPS) is 33.8. The fourth-order valence-electron chi connectivity index (χ4n) is 2.78. The second-order valence-corrected chi connectivity index (χ2v) is 6.88. The predicted molar refractivity (Wildman–Crippen MR) is 67.8 cm³/mol. The van der Waals surface area contributed by atoms with Crippen LogP contribution in [0.25, 0.3) is 0 Å². The summed E-state index contributed by atoms with van der Waals surface area (Å²) in [6.45, 7) is 6.66. The molecule has 0 bridgehead atoms. The molecule has 3 rings (SSSR count). The molecule has 1 heterocycles. The zero-order valence-corrected chi connectivity index (χ0v) is 11.2. The van der Waals surface area contributed by atoms with Crippen molar-refractivity contribution >= 4 is 11.3 Å². The number of nitrogens with one attached hydrogen (secondary N) is 1. The van der Waals surface area contributed by atoms with Crippen molar-refractivity contribution in [1.29, 1.82) is 0 Å². The first-order valence-electron chi connectivity index (χ1n) is 6.31. The second kappa shape index (κ2) is 3.54. The Morgan fingerprint density at radius 1 is 1.31 bits per heavy atom. The van der Waals surface area contributed by atoms with Crippen molar-refractivity contribution in [3.8, 4) is 0 Å². The Bertz CT molecular complexity index is 381. The number of rotatable bonds is 3. The molecule has 0 aromatic carbocycles. The molecule has 2 nitrogen and oxygen atoms in total. The topological polar surface area (TPSA) is 24.9 Å². The van der Waals surface area contributed by atoms with Crippen molar-refractivity contribution in [3.63, 3.8) is 0 Å². The lowest BCUT2D eigenvalue weighted by atomic mass is 9.69. The Morgan fingerprint density at radius 2 is 2.00 bits per heavy atom. The highest BCUT2D eigenvalue weighted by atomic mass is 32.1. The van der Waals surface area contributed by atoms with Gasteiger partial charge < -0.3 is 5.32 Å². The maximum atomic E-state index is 4.78. The third-order valence-electron chi connectivity index (χ3n) is 3.89. The van der Waals surface area contributed by atoms with Gasteiger partial charge in [0.25, 0.3) is 0 Å². The van der Waals surface area contributed by atoms with Crippen molar-refractivity contribution in [3.05, 3.63) is 15.6 Å². The minimum atomic E-state index is 0.240. The van der Waals surface area contributed by atoms with Gasteiger partial charge in [-0.25, -0.2) is 4.98 Å². The highest BCUT2D eigenvalue weighted by Gasteiger charge is 2.48. The van der Waals surface area contributed by atoms with Crippen molar-refractivity contribution in [2.75, 3.05) is 0 Å². The summed E-state index contributed by atoms with van der Waals surface area (Å²) in [5.41, 5.74) is 1.46. The van der Waals surface area contributed by atoms with Crippen LogP contribution in [0.2, 0.25) is 0 Å². The molecule has 0 saturated heterocycles. The molecule has 0 unspecified atom stereocenters. The van der Waals surface area contributed by atoms with Crippen molar-refractivity contribution in [2.24, 2.45) is 5.92 Å². The smallest absolute Gasteiger partial charge is 0.113 e. The summed E-state index contributed by atoms with van der Waals surface area (Å²) >= 11 is 1.90. The molecule has 16 heavy (non-hydrogen) atoms. The summed E-state index contributed by atoms with van der Waals surface area (Å²) in [6.07, 6.45) is 5.27. The molecule has 2 saturated carbocycles. The SMILES string of the molecule is Cc1nc(C2(NC3CC3)CC(C)C2)sc1C. The molecular weight excluding hydrogens is 216 g/mol. The van der Waals surface area contributed by atoms with Gasteiger partial charge in [-0.15, -0.1) is 11.3 Å². The number of hydrogen-bond donors (Lipinski definition) is 1. The van der Waals surface area contributed by atoms with Gasteiger partial charge in [0.15, 0.2) is 0 Å². The number of aromatic nitrogens is 1. The molecule has 1 N–H and O–H groups in total. The average Bonchev–Trinajstić information content (AvgIpc) is 2.91. The summed E-state index contributed by atoms with van der Waals surface area (Å²) < 4.78 is 0. The minimum Gasteiger partial charge on any atom is -0.303 e. The fourth-order valence-corrected chi connectivity index (χ4v) is 3.87. The molecular formula is C13H20N2S. The van der Waals surface area contributed by atoms with Crippen LogP contribution >= 0.6 is 11.3 Å². The first kappa shape index (κ1) is 10.7. The van der Waals surface area contributed by atoms with Gasteiger partial charge in [-0.2, -0.15) is 0 Å².